The molecule has 4 aliphatic heterocycles. The zero-order chi connectivity index (χ0) is 27.7. The summed E-state index contributed by atoms with van der Waals surface area (Å²) in [6, 6.07) is 1.92. The SMILES string of the molecule is CC(C)(C)OC(=O)N1C2CCC1CN(c1nc(OCC34CCCN3C[C@H](F)C4)nc3c(F)c(Br)c(I)cc13)C2. The second kappa shape index (κ2) is 10.1. The lowest BCUT2D eigenvalue weighted by atomic mass is 9.95. The van der Waals surface area contributed by atoms with Crippen LogP contribution in [-0.2, 0) is 4.74 Å². The van der Waals surface area contributed by atoms with Crippen molar-refractivity contribution >= 4 is 61.3 Å². The average molecular weight is 720 g/mol. The monoisotopic (exact) mass is 719 g/mol. The molecule has 0 saturated carbocycles. The van der Waals surface area contributed by atoms with Crippen molar-refractivity contribution in [1.82, 2.24) is 19.8 Å². The predicted molar refractivity (Wildman–Crippen MR) is 156 cm³/mol. The van der Waals surface area contributed by atoms with Crippen LogP contribution in [0.5, 0.6) is 6.01 Å². The Bertz CT molecular complexity index is 1300. The van der Waals surface area contributed by atoms with Gasteiger partial charge in [-0.2, -0.15) is 9.97 Å². The Hall–Kier alpha value is -1.54. The molecule has 4 fully saturated rings. The minimum absolute atomic E-state index is 0.0294. The molecule has 1 amide bonds. The summed E-state index contributed by atoms with van der Waals surface area (Å²) < 4.78 is 42.8. The highest BCUT2D eigenvalue weighted by atomic mass is 127. The van der Waals surface area contributed by atoms with Crippen molar-refractivity contribution in [3.05, 3.63) is 19.9 Å². The van der Waals surface area contributed by atoms with Gasteiger partial charge in [0, 0.05) is 35.0 Å². The van der Waals surface area contributed by atoms with E-state index < -0.39 is 17.6 Å². The van der Waals surface area contributed by atoms with Crippen LogP contribution in [0.15, 0.2) is 10.5 Å². The van der Waals surface area contributed by atoms with Gasteiger partial charge in [-0.1, -0.05) is 0 Å². The van der Waals surface area contributed by atoms with Gasteiger partial charge in [0.2, 0.25) is 0 Å². The van der Waals surface area contributed by atoms with Gasteiger partial charge >= 0.3 is 12.1 Å². The zero-order valence-electron chi connectivity index (χ0n) is 22.4. The molecule has 0 aliphatic carbocycles. The minimum atomic E-state index is -0.866. The van der Waals surface area contributed by atoms with Gasteiger partial charge in [0.05, 0.1) is 22.1 Å². The molecule has 2 aromatic rings. The quantitative estimate of drug-likeness (QED) is 0.298. The first kappa shape index (κ1) is 27.6. The summed E-state index contributed by atoms with van der Waals surface area (Å²) in [6.45, 7) is 8.27. The normalized spacial score (nSPS) is 28.8. The number of piperazine rings is 1. The van der Waals surface area contributed by atoms with E-state index in [1.165, 1.54) is 0 Å². The van der Waals surface area contributed by atoms with Crippen LogP contribution in [0, 0.1) is 9.39 Å². The molecule has 4 saturated heterocycles. The van der Waals surface area contributed by atoms with Crippen LogP contribution in [0.2, 0.25) is 0 Å². The summed E-state index contributed by atoms with van der Waals surface area (Å²) in [6.07, 6.45) is 2.88. The second-order valence-corrected chi connectivity index (χ2v) is 14.2. The molecule has 1 aromatic carbocycles. The Morgan fingerprint density at radius 2 is 1.95 bits per heavy atom. The van der Waals surface area contributed by atoms with E-state index in [1.54, 1.807) is 0 Å². The smallest absolute Gasteiger partial charge is 0.410 e. The number of carbonyl (C=O) groups excluding carboxylic acids is 1. The van der Waals surface area contributed by atoms with Crippen molar-refractivity contribution in [1.29, 1.82) is 0 Å². The van der Waals surface area contributed by atoms with E-state index in [0.29, 0.717) is 45.3 Å². The summed E-state index contributed by atoms with van der Waals surface area (Å²) in [5.74, 6) is 0.127. The number of ether oxygens (including phenoxy) is 2. The maximum Gasteiger partial charge on any atom is 0.410 e. The Balaban J connectivity index is 1.32. The standard InChI is InChI=1S/C27H33BrF2IN5O3/c1-26(2,3)39-25(37)36-16-5-6-17(36)13-34(12-16)23-18-9-19(31)20(28)21(30)22(18)32-24(33-23)38-14-27-7-4-8-35(27)11-15(29)10-27/h9,15-17H,4-8,10-14H2,1-3H3/t15-,16?,17?,27?/m1/s1. The number of anilines is 1. The molecule has 2 bridgehead atoms. The van der Waals surface area contributed by atoms with E-state index in [1.807, 2.05) is 31.7 Å². The van der Waals surface area contributed by atoms with E-state index >= 15 is 4.39 Å². The van der Waals surface area contributed by atoms with Crippen LogP contribution in [0.4, 0.5) is 19.4 Å². The molecule has 4 atom stereocenters. The van der Waals surface area contributed by atoms with Crippen LogP contribution in [0.3, 0.4) is 0 Å². The van der Waals surface area contributed by atoms with E-state index in [2.05, 4.69) is 53.3 Å². The van der Waals surface area contributed by atoms with Crippen LogP contribution >= 0.6 is 38.5 Å². The van der Waals surface area contributed by atoms with Gasteiger partial charge in [-0.15, -0.1) is 0 Å². The third kappa shape index (κ3) is 5.06. The number of nitrogens with zero attached hydrogens (tertiary/aromatic N) is 5. The highest BCUT2D eigenvalue weighted by molar-refractivity contribution is 14.1. The molecule has 212 valence electrons. The van der Waals surface area contributed by atoms with Gasteiger partial charge in [-0.05, 0) is 97.6 Å². The maximum absolute atomic E-state index is 15.5. The van der Waals surface area contributed by atoms with E-state index in [0.717, 1.165) is 32.2 Å². The number of rotatable bonds is 4. The fraction of sp³-hybridized carbons (Fsp3) is 0.667. The molecule has 12 heteroatoms. The van der Waals surface area contributed by atoms with Gasteiger partial charge in [0.25, 0.3) is 0 Å². The highest BCUT2D eigenvalue weighted by Crippen LogP contribution is 2.42. The van der Waals surface area contributed by atoms with Gasteiger partial charge in [0.1, 0.15) is 29.7 Å². The summed E-state index contributed by atoms with van der Waals surface area (Å²) in [4.78, 5) is 28.5. The number of carbonyl (C=O) groups is 1. The van der Waals surface area contributed by atoms with Crippen LogP contribution in [0.25, 0.3) is 10.9 Å². The summed E-state index contributed by atoms with van der Waals surface area (Å²) in [7, 11) is 0. The van der Waals surface area contributed by atoms with E-state index in [-0.39, 0.29) is 41.8 Å². The van der Waals surface area contributed by atoms with Crippen molar-refractivity contribution in [3.8, 4) is 6.01 Å². The minimum Gasteiger partial charge on any atom is -0.461 e. The number of alkyl halides is 1. The summed E-state index contributed by atoms with van der Waals surface area (Å²) in [5, 5.41) is 0.600. The molecule has 3 unspecified atom stereocenters. The van der Waals surface area contributed by atoms with Gasteiger partial charge in [0.15, 0.2) is 5.82 Å². The Kier molecular flexibility index (Phi) is 7.13. The van der Waals surface area contributed by atoms with Crippen molar-refractivity contribution in [2.75, 3.05) is 37.7 Å². The first-order valence-corrected chi connectivity index (χ1v) is 15.4. The molecule has 39 heavy (non-hydrogen) atoms. The Labute approximate surface area is 249 Å². The molecular formula is C27H33BrF2IN5O3. The molecule has 5 heterocycles. The molecule has 6 rings (SSSR count). The summed E-state index contributed by atoms with van der Waals surface area (Å²) in [5.41, 5.74) is -0.749. The Morgan fingerprint density at radius 1 is 1.23 bits per heavy atom. The highest BCUT2D eigenvalue weighted by Gasteiger charge is 2.50. The second-order valence-electron chi connectivity index (χ2n) is 12.3. The number of amides is 1. The lowest BCUT2D eigenvalue weighted by Gasteiger charge is -2.42. The van der Waals surface area contributed by atoms with Gasteiger partial charge < -0.3 is 14.4 Å². The van der Waals surface area contributed by atoms with E-state index in [9.17, 15) is 9.18 Å². The number of fused-ring (bicyclic) bond motifs is 4. The predicted octanol–water partition coefficient (Wildman–Crippen LogP) is 5.68. The fourth-order valence-corrected chi connectivity index (χ4v) is 7.63. The number of hydrogen-bond acceptors (Lipinski definition) is 7. The molecule has 0 N–H and O–H groups in total. The van der Waals surface area contributed by atoms with Crippen molar-refractivity contribution in [2.24, 2.45) is 0 Å². The maximum atomic E-state index is 15.5. The number of benzene rings is 1. The van der Waals surface area contributed by atoms with Crippen LogP contribution in [-0.4, -0.2) is 88.0 Å². The lowest BCUT2D eigenvalue weighted by Crippen LogP contribution is -2.57. The van der Waals surface area contributed by atoms with Crippen LogP contribution < -0.4 is 9.64 Å². The third-order valence-electron chi connectivity index (χ3n) is 8.40. The van der Waals surface area contributed by atoms with Crippen molar-refractivity contribution < 1.29 is 23.0 Å². The average Bonchev–Trinajstić information content (AvgIpc) is 3.47. The van der Waals surface area contributed by atoms with Crippen molar-refractivity contribution in [2.45, 2.75) is 82.3 Å². The van der Waals surface area contributed by atoms with E-state index in [4.69, 9.17) is 14.5 Å². The zero-order valence-corrected chi connectivity index (χ0v) is 26.1. The molecule has 0 spiro atoms. The summed E-state index contributed by atoms with van der Waals surface area (Å²) >= 11 is 5.45. The molecule has 1 aromatic heterocycles. The van der Waals surface area contributed by atoms with Gasteiger partial charge in [-0.25, -0.2) is 13.6 Å². The molecule has 8 nitrogen and oxygen atoms in total. The number of hydrogen-bond donors (Lipinski definition) is 0. The molecule has 4 aliphatic rings. The third-order valence-corrected chi connectivity index (χ3v) is 10.8. The first-order valence-electron chi connectivity index (χ1n) is 13.6. The largest absolute Gasteiger partial charge is 0.461 e. The van der Waals surface area contributed by atoms with Gasteiger partial charge in [-0.3, -0.25) is 9.80 Å². The lowest BCUT2D eigenvalue weighted by molar-refractivity contribution is 0.0122. The van der Waals surface area contributed by atoms with Crippen LogP contribution in [0.1, 0.15) is 52.9 Å². The molecule has 0 radical (unpaired) electrons. The van der Waals surface area contributed by atoms with Crippen molar-refractivity contribution in [3.63, 3.8) is 0 Å². The Morgan fingerprint density at radius 3 is 2.64 bits per heavy atom. The fourth-order valence-electron chi connectivity index (χ4n) is 6.78. The topological polar surface area (TPSA) is 71.0 Å². The number of halogens is 4. The molecular weight excluding hydrogens is 687 g/mol. The number of aromatic nitrogens is 2. The first-order chi connectivity index (χ1) is 18.4.